The minimum absolute atomic E-state index is 0.246. The molecule has 0 rings (SSSR count). The number of ether oxygens (including phenoxy) is 1. The molecule has 0 fully saturated rings. The first-order chi connectivity index (χ1) is 4.70. The highest BCUT2D eigenvalue weighted by Gasteiger charge is 2.01. The van der Waals surface area contributed by atoms with Crippen LogP contribution < -0.4 is 5.32 Å². The number of imide groups is 1. The van der Waals surface area contributed by atoms with Crippen LogP contribution in [0.4, 0.5) is 4.79 Å². The Hall–Kier alpha value is -1.32. The van der Waals surface area contributed by atoms with E-state index in [9.17, 15) is 9.59 Å². The standard InChI is InChI=1S/C6H9NO3/c1-3-5(8)7-6(9)10-4-2/h3H,1,4H2,2H3,(H,7,8,9). The number of amides is 2. The zero-order valence-corrected chi connectivity index (χ0v) is 5.72. The summed E-state index contributed by atoms with van der Waals surface area (Å²) >= 11 is 0. The van der Waals surface area contributed by atoms with Crippen molar-refractivity contribution in [3.05, 3.63) is 12.7 Å². The second-order valence-corrected chi connectivity index (χ2v) is 1.41. The lowest BCUT2D eigenvalue weighted by Gasteiger charge is -1.99. The molecule has 4 nitrogen and oxygen atoms in total. The first kappa shape index (κ1) is 8.68. The van der Waals surface area contributed by atoms with Crippen molar-refractivity contribution >= 4 is 12.0 Å². The summed E-state index contributed by atoms with van der Waals surface area (Å²) in [4.78, 5) is 20.8. The summed E-state index contributed by atoms with van der Waals surface area (Å²) in [7, 11) is 0. The van der Waals surface area contributed by atoms with Crippen LogP contribution in [-0.4, -0.2) is 18.6 Å². The van der Waals surface area contributed by atoms with Crippen molar-refractivity contribution in [2.45, 2.75) is 6.92 Å². The zero-order valence-electron chi connectivity index (χ0n) is 5.72. The molecule has 2 amide bonds. The SMILES string of the molecule is C=CC(=O)NC(=O)OCC. The molecule has 10 heavy (non-hydrogen) atoms. The summed E-state index contributed by atoms with van der Waals surface area (Å²) in [6, 6.07) is 0. The molecule has 0 aliphatic carbocycles. The third kappa shape index (κ3) is 3.65. The first-order valence-corrected chi connectivity index (χ1v) is 2.81. The number of carbonyl (C=O) groups excluding carboxylic acids is 2. The summed E-state index contributed by atoms with van der Waals surface area (Å²) in [5, 5.41) is 1.91. The van der Waals surface area contributed by atoms with Gasteiger partial charge in [0.15, 0.2) is 0 Å². The highest BCUT2D eigenvalue weighted by atomic mass is 16.5. The second kappa shape index (κ2) is 4.55. The summed E-state index contributed by atoms with van der Waals surface area (Å²) in [6.07, 6.45) is 0.254. The molecule has 0 unspecified atom stereocenters. The normalized spacial score (nSPS) is 8.10. The van der Waals surface area contributed by atoms with Gasteiger partial charge in [0, 0.05) is 0 Å². The van der Waals surface area contributed by atoms with E-state index < -0.39 is 12.0 Å². The Balaban J connectivity index is 3.57. The Bertz CT molecular complexity index is 153. The van der Waals surface area contributed by atoms with Crippen LogP contribution in [0.2, 0.25) is 0 Å². The van der Waals surface area contributed by atoms with Gasteiger partial charge in [0.25, 0.3) is 5.91 Å². The number of rotatable bonds is 2. The van der Waals surface area contributed by atoms with Gasteiger partial charge in [-0.1, -0.05) is 6.58 Å². The maximum Gasteiger partial charge on any atom is 0.414 e. The van der Waals surface area contributed by atoms with Gasteiger partial charge in [-0.15, -0.1) is 0 Å². The van der Waals surface area contributed by atoms with Gasteiger partial charge in [0.2, 0.25) is 0 Å². The van der Waals surface area contributed by atoms with Crippen LogP contribution in [0.25, 0.3) is 0 Å². The Morgan fingerprint density at radius 2 is 2.30 bits per heavy atom. The van der Waals surface area contributed by atoms with Gasteiger partial charge in [-0.3, -0.25) is 10.1 Å². The molecule has 0 saturated heterocycles. The summed E-state index contributed by atoms with van der Waals surface area (Å²) in [5.74, 6) is -0.557. The molecule has 0 heterocycles. The molecular formula is C6H9NO3. The van der Waals surface area contributed by atoms with Gasteiger partial charge in [-0.2, -0.15) is 0 Å². The van der Waals surface area contributed by atoms with E-state index in [0.29, 0.717) is 0 Å². The quantitative estimate of drug-likeness (QED) is 0.571. The molecule has 0 aromatic carbocycles. The third-order valence-electron chi connectivity index (χ3n) is 0.686. The summed E-state index contributed by atoms with van der Waals surface area (Å²) < 4.78 is 4.40. The first-order valence-electron chi connectivity index (χ1n) is 2.81. The molecule has 0 aromatic rings. The molecule has 0 bridgehead atoms. The van der Waals surface area contributed by atoms with Crippen molar-refractivity contribution in [2.24, 2.45) is 0 Å². The second-order valence-electron chi connectivity index (χ2n) is 1.41. The molecule has 0 spiro atoms. The maximum atomic E-state index is 10.4. The number of hydrogen-bond donors (Lipinski definition) is 1. The Labute approximate surface area is 58.9 Å². The number of alkyl carbamates (subject to hydrolysis) is 1. The van der Waals surface area contributed by atoms with Crippen molar-refractivity contribution in [3.63, 3.8) is 0 Å². The molecule has 0 radical (unpaired) electrons. The van der Waals surface area contributed by atoms with Crippen molar-refractivity contribution in [1.29, 1.82) is 0 Å². The van der Waals surface area contributed by atoms with Crippen molar-refractivity contribution < 1.29 is 14.3 Å². The Morgan fingerprint density at radius 3 is 2.70 bits per heavy atom. The fourth-order valence-electron chi connectivity index (χ4n) is 0.319. The van der Waals surface area contributed by atoms with Crippen LogP contribution in [-0.2, 0) is 9.53 Å². The molecule has 0 saturated carbocycles. The summed E-state index contributed by atoms with van der Waals surface area (Å²) in [6.45, 7) is 5.05. The van der Waals surface area contributed by atoms with E-state index in [1.807, 2.05) is 5.32 Å². The molecule has 0 aliphatic rings. The van der Waals surface area contributed by atoms with Gasteiger partial charge in [0.1, 0.15) is 0 Å². The smallest absolute Gasteiger partial charge is 0.414 e. The Morgan fingerprint density at radius 1 is 1.70 bits per heavy atom. The molecule has 0 aliphatic heterocycles. The number of carbonyl (C=O) groups is 2. The van der Waals surface area contributed by atoms with E-state index in [-0.39, 0.29) is 6.61 Å². The van der Waals surface area contributed by atoms with E-state index >= 15 is 0 Å². The highest BCUT2D eigenvalue weighted by Crippen LogP contribution is 1.75. The van der Waals surface area contributed by atoms with E-state index in [2.05, 4.69) is 11.3 Å². The average molecular weight is 143 g/mol. The highest BCUT2D eigenvalue weighted by molar-refractivity contribution is 5.98. The maximum absolute atomic E-state index is 10.4. The average Bonchev–Trinajstić information content (AvgIpc) is 1.88. The Kier molecular flexibility index (Phi) is 3.95. The minimum atomic E-state index is -0.743. The molecular weight excluding hydrogens is 134 g/mol. The van der Waals surface area contributed by atoms with Gasteiger partial charge < -0.3 is 4.74 Å². The lowest BCUT2D eigenvalue weighted by Crippen LogP contribution is -2.29. The molecule has 0 atom stereocenters. The van der Waals surface area contributed by atoms with Crippen molar-refractivity contribution in [3.8, 4) is 0 Å². The topological polar surface area (TPSA) is 55.4 Å². The fourth-order valence-corrected chi connectivity index (χ4v) is 0.319. The van der Waals surface area contributed by atoms with E-state index in [4.69, 9.17) is 0 Å². The van der Waals surface area contributed by atoms with Gasteiger partial charge in [-0.05, 0) is 13.0 Å². The largest absolute Gasteiger partial charge is 0.450 e. The predicted molar refractivity (Wildman–Crippen MR) is 35.4 cm³/mol. The molecule has 0 aromatic heterocycles. The van der Waals surface area contributed by atoms with E-state index in [1.165, 1.54) is 0 Å². The number of nitrogens with one attached hydrogen (secondary N) is 1. The number of hydrogen-bond acceptors (Lipinski definition) is 3. The van der Waals surface area contributed by atoms with Gasteiger partial charge in [0.05, 0.1) is 6.61 Å². The lowest BCUT2D eigenvalue weighted by molar-refractivity contribution is -0.115. The fraction of sp³-hybridized carbons (Fsp3) is 0.333. The van der Waals surface area contributed by atoms with E-state index in [1.54, 1.807) is 6.92 Å². The van der Waals surface area contributed by atoms with Crippen LogP contribution >= 0.6 is 0 Å². The molecule has 1 N–H and O–H groups in total. The van der Waals surface area contributed by atoms with Crippen LogP contribution in [0.3, 0.4) is 0 Å². The summed E-state index contributed by atoms with van der Waals surface area (Å²) in [5.41, 5.74) is 0. The minimum Gasteiger partial charge on any atom is -0.450 e. The van der Waals surface area contributed by atoms with E-state index in [0.717, 1.165) is 6.08 Å². The van der Waals surface area contributed by atoms with Gasteiger partial charge >= 0.3 is 6.09 Å². The van der Waals surface area contributed by atoms with Crippen LogP contribution in [0, 0.1) is 0 Å². The van der Waals surface area contributed by atoms with Crippen molar-refractivity contribution in [2.75, 3.05) is 6.61 Å². The monoisotopic (exact) mass is 143 g/mol. The third-order valence-corrected chi connectivity index (χ3v) is 0.686. The van der Waals surface area contributed by atoms with Crippen molar-refractivity contribution in [1.82, 2.24) is 5.32 Å². The molecule has 56 valence electrons. The lowest BCUT2D eigenvalue weighted by atomic mass is 10.6. The van der Waals surface area contributed by atoms with Gasteiger partial charge in [-0.25, -0.2) is 4.79 Å². The van der Waals surface area contributed by atoms with Crippen LogP contribution in [0.5, 0.6) is 0 Å². The predicted octanol–water partition coefficient (Wildman–Crippen LogP) is 0.445. The molecule has 4 heteroatoms. The van der Waals surface area contributed by atoms with Crippen LogP contribution in [0.1, 0.15) is 6.92 Å². The zero-order chi connectivity index (χ0) is 7.98. The van der Waals surface area contributed by atoms with Crippen LogP contribution in [0.15, 0.2) is 12.7 Å².